The van der Waals surface area contributed by atoms with Crippen molar-refractivity contribution in [2.75, 3.05) is 11.9 Å². The Morgan fingerprint density at radius 3 is 2.48 bits per heavy atom. The first-order chi connectivity index (χ1) is 13.3. The van der Waals surface area contributed by atoms with Crippen molar-refractivity contribution in [1.82, 2.24) is 9.38 Å². The largest absolute Gasteiger partial charge is 0.491 e. The Kier molecular flexibility index (Phi) is 5.06. The average molecular weight is 357 g/mol. The summed E-state index contributed by atoms with van der Waals surface area (Å²) in [6, 6.07) is 24.7. The molecule has 0 saturated carbocycles. The number of ether oxygens (including phenoxy) is 1. The Labute approximate surface area is 159 Å². The van der Waals surface area contributed by atoms with Crippen molar-refractivity contribution in [3.8, 4) is 17.0 Å². The van der Waals surface area contributed by atoms with Crippen LogP contribution in [0.3, 0.4) is 0 Å². The smallest absolute Gasteiger partial charge is 0.137 e. The molecule has 4 heteroatoms. The first-order valence-corrected chi connectivity index (χ1v) is 9.30. The first-order valence-electron chi connectivity index (χ1n) is 9.30. The van der Waals surface area contributed by atoms with Crippen LogP contribution in [0.25, 0.3) is 16.9 Å². The van der Waals surface area contributed by atoms with E-state index in [1.54, 1.807) is 0 Å². The second kappa shape index (κ2) is 7.96. The molecule has 1 atom stereocenters. The highest BCUT2D eigenvalue weighted by Gasteiger charge is 2.08. The topological polar surface area (TPSA) is 38.6 Å². The minimum absolute atomic E-state index is 0.269. The van der Waals surface area contributed by atoms with Crippen LogP contribution in [0.15, 0.2) is 85.2 Å². The van der Waals surface area contributed by atoms with Gasteiger partial charge in [-0.25, -0.2) is 4.98 Å². The highest BCUT2D eigenvalue weighted by atomic mass is 16.5. The van der Waals surface area contributed by atoms with Crippen molar-refractivity contribution >= 4 is 11.3 Å². The lowest BCUT2D eigenvalue weighted by atomic mass is 10.1. The van der Waals surface area contributed by atoms with Gasteiger partial charge in [-0.15, -0.1) is 0 Å². The lowest BCUT2D eigenvalue weighted by Gasteiger charge is -2.19. The molecule has 4 aromatic rings. The molecule has 4 rings (SSSR count). The third kappa shape index (κ3) is 4.11. The molecule has 1 N–H and O–H groups in total. The van der Waals surface area contributed by atoms with Crippen LogP contribution in [-0.2, 0) is 0 Å². The summed E-state index contributed by atoms with van der Waals surface area (Å²) >= 11 is 0. The van der Waals surface area contributed by atoms with Crippen LogP contribution < -0.4 is 10.1 Å². The third-order valence-corrected chi connectivity index (χ3v) is 4.60. The van der Waals surface area contributed by atoms with Crippen molar-refractivity contribution < 1.29 is 4.74 Å². The molecule has 136 valence electrons. The summed E-state index contributed by atoms with van der Waals surface area (Å²) in [5.74, 6) is 0.871. The zero-order valence-corrected chi connectivity index (χ0v) is 15.4. The number of rotatable bonds is 7. The van der Waals surface area contributed by atoms with Gasteiger partial charge in [0.05, 0.1) is 11.7 Å². The highest BCUT2D eigenvalue weighted by molar-refractivity contribution is 5.63. The van der Waals surface area contributed by atoms with Crippen LogP contribution in [0.1, 0.15) is 13.3 Å². The number of hydrogen-bond acceptors (Lipinski definition) is 3. The predicted octanol–water partition coefficient (Wildman–Crippen LogP) is 5.27. The Morgan fingerprint density at radius 2 is 1.74 bits per heavy atom. The van der Waals surface area contributed by atoms with Crippen LogP contribution in [0.4, 0.5) is 5.69 Å². The summed E-state index contributed by atoms with van der Waals surface area (Å²) in [6.07, 6.45) is 5.05. The minimum Gasteiger partial charge on any atom is -0.491 e. The van der Waals surface area contributed by atoms with Crippen molar-refractivity contribution in [2.45, 2.75) is 19.4 Å². The summed E-state index contributed by atoms with van der Waals surface area (Å²) in [6.45, 7) is 2.79. The van der Waals surface area contributed by atoms with Gasteiger partial charge in [0.2, 0.25) is 0 Å². The first kappa shape index (κ1) is 17.2. The summed E-state index contributed by atoms with van der Waals surface area (Å²) in [5.41, 5.74) is 4.12. The number of pyridine rings is 1. The van der Waals surface area contributed by atoms with E-state index in [1.807, 2.05) is 65.3 Å². The van der Waals surface area contributed by atoms with Crippen LogP contribution >= 0.6 is 0 Å². The zero-order chi connectivity index (χ0) is 18.5. The second-order valence-corrected chi connectivity index (χ2v) is 6.54. The standard InChI is InChI=1S/C23H23N3O/c1-2-19(24-20-8-4-3-5-9-20)17-27-21-13-11-18(12-14-21)22-16-26-15-7-6-10-23(26)25-22/h3-16,19,24H,2,17H2,1H3. The zero-order valence-electron chi connectivity index (χ0n) is 15.4. The molecule has 0 radical (unpaired) electrons. The number of anilines is 1. The van der Waals surface area contributed by atoms with Crippen LogP contribution in [0.5, 0.6) is 5.75 Å². The second-order valence-electron chi connectivity index (χ2n) is 6.54. The van der Waals surface area contributed by atoms with E-state index in [9.17, 15) is 0 Å². The Bertz CT molecular complexity index is 960. The number of para-hydroxylation sites is 1. The number of nitrogens with one attached hydrogen (secondary N) is 1. The van der Waals surface area contributed by atoms with Crippen LogP contribution in [0, 0.1) is 0 Å². The third-order valence-electron chi connectivity index (χ3n) is 4.60. The molecule has 1 unspecified atom stereocenters. The van der Waals surface area contributed by atoms with Gasteiger partial charge < -0.3 is 14.5 Å². The van der Waals surface area contributed by atoms with Crippen molar-refractivity contribution in [1.29, 1.82) is 0 Å². The van der Waals surface area contributed by atoms with Gasteiger partial charge in [0, 0.05) is 23.6 Å². The van der Waals surface area contributed by atoms with E-state index in [-0.39, 0.29) is 6.04 Å². The maximum absolute atomic E-state index is 5.99. The lowest BCUT2D eigenvalue weighted by Crippen LogP contribution is -2.26. The van der Waals surface area contributed by atoms with E-state index in [1.165, 1.54) is 0 Å². The Morgan fingerprint density at radius 1 is 0.963 bits per heavy atom. The number of fused-ring (bicyclic) bond motifs is 1. The molecule has 0 aliphatic rings. The SMILES string of the molecule is CCC(COc1ccc(-c2cn3ccccc3n2)cc1)Nc1ccccc1. The van der Waals surface area contributed by atoms with Gasteiger partial charge in [-0.3, -0.25) is 0 Å². The quantitative estimate of drug-likeness (QED) is 0.490. The summed E-state index contributed by atoms with van der Waals surface area (Å²) in [7, 11) is 0. The number of imidazole rings is 1. The van der Waals surface area contributed by atoms with Gasteiger partial charge in [-0.1, -0.05) is 31.2 Å². The van der Waals surface area contributed by atoms with Crippen LogP contribution in [-0.4, -0.2) is 22.0 Å². The van der Waals surface area contributed by atoms with E-state index in [0.29, 0.717) is 6.61 Å². The minimum atomic E-state index is 0.269. The molecule has 27 heavy (non-hydrogen) atoms. The monoisotopic (exact) mass is 357 g/mol. The Hall–Kier alpha value is -3.27. The van der Waals surface area contributed by atoms with E-state index in [0.717, 1.165) is 34.8 Å². The van der Waals surface area contributed by atoms with Crippen molar-refractivity contribution in [3.63, 3.8) is 0 Å². The molecule has 0 fully saturated rings. The predicted molar refractivity (Wildman–Crippen MR) is 110 cm³/mol. The molecule has 2 aromatic carbocycles. The number of benzene rings is 2. The molecule has 0 bridgehead atoms. The number of nitrogens with zero attached hydrogens (tertiary/aromatic N) is 2. The molecule has 2 heterocycles. The molecule has 0 aliphatic carbocycles. The van der Waals surface area contributed by atoms with E-state index >= 15 is 0 Å². The maximum atomic E-state index is 5.99. The lowest BCUT2D eigenvalue weighted by molar-refractivity contribution is 0.294. The van der Waals surface area contributed by atoms with E-state index < -0.39 is 0 Å². The van der Waals surface area contributed by atoms with Gasteiger partial charge in [0.15, 0.2) is 0 Å². The van der Waals surface area contributed by atoms with Crippen molar-refractivity contribution in [3.05, 3.63) is 85.2 Å². The maximum Gasteiger partial charge on any atom is 0.137 e. The average Bonchev–Trinajstić information content (AvgIpc) is 3.16. The molecule has 0 amide bonds. The fourth-order valence-corrected chi connectivity index (χ4v) is 3.02. The van der Waals surface area contributed by atoms with Gasteiger partial charge in [-0.05, 0) is 55.0 Å². The molecule has 0 spiro atoms. The Balaban J connectivity index is 1.40. The summed E-state index contributed by atoms with van der Waals surface area (Å²) in [5, 5.41) is 3.51. The summed E-state index contributed by atoms with van der Waals surface area (Å²) < 4.78 is 8.02. The molecule has 2 aromatic heterocycles. The van der Waals surface area contributed by atoms with Crippen molar-refractivity contribution in [2.24, 2.45) is 0 Å². The van der Waals surface area contributed by atoms with Gasteiger partial charge in [-0.2, -0.15) is 0 Å². The fourth-order valence-electron chi connectivity index (χ4n) is 3.02. The van der Waals surface area contributed by atoms with Gasteiger partial charge in [0.1, 0.15) is 18.0 Å². The van der Waals surface area contributed by atoms with E-state index in [4.69, 9.17) is 4.74 Å². The number of aromatic nitrogens is 2. The van der Waals surface area contributed by atoms with Gasteiger partial charge >= 0.3 is 0 Å². The molecule has 4 nitrogen and oxygen atoms in total. The van der Waals surface area contributed by atoms with E-state index in [2.05, 4.69) is 41.5 Å². The fraction of sp³-hybridized carbons (Fsp3) is 0.174. The molecular weight excluding hydrogens is 334 g/mol. The molecule has 0 aliphatic heterocycles. The van der Waals surface area contributed by atoms with Crippen LogP contribution in [0.2, 0.25) is 0 Å². The summed E-state index contributed by atoms with van der Waals surface area (Å²) in [4.78, 5) is 4.66. The van der Waals surface area contributed by atoms with Gasteiger partial charge in [0.25, 0.3) is 0 Å². The molecule has 0 saturated heterocycles. The molecular formula is C23H23N3O. The highest BCUT2D eigenvalue weighted by Crippen LogP contribution is 2.22. The number of hydrogen-bond donors (Lipinski definition) is 1. The normalized spacial score (nSPS) is 12.0.